The fourth-order valence-electron chi connectivity index (χ4n) is 27.0. The van der Waals surface area contributed by atoms with Crippen LogP contribution in [0.1, 0.15) is 287 Å². The summed E-state index contributed by atoms with van der Waals surface area (Å²) in [6.45, 7) is 25.1. The first-order valence-corrected chi connectivity index (χ1v) is 47.8. The van der Waals surface area contributed by atoms with Gasteiger partial charge in [-0.05, 0) is 263 Å². The highest BCUT2D eigenvalue weighted by Crippen LogP contribution is 2.68. The summed E-state index contributed by atoms with van der Waals surface area (Å²) in [4.78, 5) is 91.6. The van der Waals surface area contributed by atoms with Gasteiger partial charge < -0.3 is 46.5 Å². The maximum Gasteiger partial charge on any atom is 0.315 e. The lowest BCUT2D eigenvalue weighted by Crippen LogP contribution is -2.52. The van der Waals surface area contributed by atoms with Gasteiger partial charge in [-0.2, -0.15) is 23.5 Å². The third-order valence-electron chi connectivity index (χ3n) is 33.0. The van der Waals surface area contributed by atoms with Gasteiger partial charge in [0.2, 0.25) is 11.8 Å². The number of carbonyl (C=O) groups excluding carboxylic acids is 7. The van der Waals surface area contributed by atoms with E-state index in [0.717, 1.165) is 197 Å². The molecule has 2 spiro atoms. The van der Waals surface area contributed by atoms with Gasteiger partial charge in [-0.25, -0.2) is 9.59 Å². The summed E-state index contributed by atoms with van der Waals surface area (Å²) in [5.74, 6) is 9.58. The predicted octanol–water partition coefficient (Wildman–Crippen LogP) is 15.1. The molecule has 8 aliphatic carbocycles. The third kappa shape index (κ3) is 17.0. The molecule has 4 saturated carbocycles. The van der Waals surface area contributed by atoms with Gasteiger partial charge in [0.15, 0.2) is 5.78 Å². The number of aliphatic hydroxyl groups excluding tert-OH is 1. The molecule has 16 rings (SSSR count). The summed E-state index contributed by atoms with van der Waals surface area (Å²) in [7, 11) is 0. The molecule has 25 atom stereocenters. The van der Waals surface area contributed by atoms with Crippen LogP contribution in [0, 0.1) is 70.0 Å². The van der Waals surface area contributed by atoms with E-state index in [2.05, 4.69) is 103 Å². The number of thioether (sulfide) groups is 2. The fraction of sp³-hybridized carbons (Fsp3) is 0.837. The average molecular weight is 1580 g/mol. The van der Waals surface area contributed by atoms with Crippen molar-refractivity contribution in [2.75, 3.05) is 50.8 Å². The molecule has 0 radical (unpaired) electrons. The summed E-state index contributed by atoms with van der Waals surface area (Å²) < 4.78 is 14.7. The second-order valence-electron chi connectivity index (χ2n) is 39.6. The summed E-state index contributed by atoms with van der Waals surface area (Å²) in [6, 6.07) is 1.73. The van der Waals surface area contributed by atoms with E-state index in [1.807, 2.05) is 29.6 Å². The van der Waals surface area contributed by atoms with Crippen LogP contribution < -0.4 is 31.9 Å². The monoisotopic (exact) mass is 1580 g/mol. The molecule has 622 valence electrons. The molecule has 6 amide bonds. The summed E-state index contributed by atoms with van der Waals surface area (Å²) in [5, 5.41) is 29.6. The number of likely N-dealkylation sites (tertiary alicyclic amines) is 2. The van der Waals surface area contributed by atoms with Gasteiger partial charge in [0, 0.05) is 117 Å². The van der Waals surface area contributed by atoms with Crippen molar-refractivity contribution in [2.24, 2.45) is 70.0 Å². The van der Waals surface area contributed by atoms with E-state index in [-0.39, 0.29) is 88.4 Å². The first-order chi connectivity index (χ1) is 53.9. The molecule has 16 aliphatic rings. The standard InChI is InChI=1S/C46H72N4O5S.C46H70N4O5S/c2*1-28-23-39-43(30(3)46(55-39)20-18-34-35-16-15-31-24-33(52)17-19-45(31,4)37(35)25-36(34)29(46)2)50(26-28)22-10-12-32(51)11-6-5-9-21-47-41(53)14-8-7-13-40-42-38(27-56-40)48-44(54)49-42/h15,28,30,33-35,37-40,42-43,52H,5-14,16-27H2,1-4H3,(H,47,53)(H2,48,49,54);24,28,30,34-35,37-40,42-43H,5-23,25-27H2,1-4H3,(H,47,53)(H2,48,49,54)/t28-,30+,33-,34-,35-,37-,38-,39+,40?,42-,43-,45-,46-;28-,30+,34-,35-,37-,38-,39+,40?,42-,43-,45-,46-/m00/s1. The van der Waals surface area contributed by atoms with Gasteiger partial charge >= 0.3 is 12.1 Å². The number of aliphatic hydroxyl groups is 1. The lowest BCUT2D eigenvalue weighted by Gasteiger charge is -2.49. The van der Waals surface area contributed by atoms with Gasteiger partial charge in [0.25, 0.3) is 0 Å². The third-order valence-corrected chi connectivity index (χ3v) is 36.0. The molecule has 8 heterocycles. The number of rotatable bonds is 30. The van der Waals surface area contributed by atoms with Crippen LogP contribution in [0.5, 0.6) is 0 Å². The quantitative estimate of drug-likeness (QED) is 0.0201. The molecule has 2 unspecified atom stereocenters. The van der Waals surface area contributed by atoms with E-state index in [0.29, 0.717) is 145 Å². The molecular weight excluding hydrogens is 1440 g/mol. The van der Waals surface area contributed by atoms with Crippen LogP contribution in [0.3, 0.4) is 0 Å². The van der Waals surface area contributed by atoms with Gasteiger partial charge in [-0.3, -0.25) is 33.8 Å². The highest BCUT2D eigenvalue weighted by molar-refractivity contribution is 8.00. The van der Waals surface area contributed by atoms with Crippen molar-refractivity contribution >= 4 is 64.8 Å². The lowest BCUT2D eigenvalue weighted by molar-refractivity contribution is -0.122. The Balaban J connectivity index is 0.000000177. The van der Waals surface area contributed by atoms with Crippen LogP contribution in [0.2, 0.25) is 0 Å². The maximum atomic E-state index is 13.0. The Hall–Kier alpha value is -4.05. The number of carbonyl (C=O) groups is 7. The van der Waals surface area contributed by atoms with Crippen LogP contribution in [0.4, 0.5) is 9.59 Å². The van der Waals surface area contributed by atoms with Gasteiger partial charge in [-0.15, -0.1) is 0 Å². The second-order valence-corrected chi connectivity index (χ2v) is 42.1. The molecule has 8 saturated heterocycles. The number of hydrogen-bond acceptors (Lipinski definition) is 14. The largest absolute Gasteiger partial charge is 0.393 e. The van der Waals surface area contributed by atoms with Crippen LogP contribution in [0.15, 0.2) is 45.6 Å². The number of nitrogens with zero attached hydrogens (tertiary/aromatic N) is 2. The van der Waals surface area contributed by atoms with E-state index >= 15 is 0 Å². The number of urea groups is 2. The first-order valence-electron chi connectivity index (χ1n) is 45.7. The number of unbranched alkanes of at least 4 members (excludes halogenated alkanes) is 6. The molecule has 0 aromatic carbocycles. The van der Waals surface area contributed by atoms with Crippen LogP contribution in [-0.2, 0) is 33.4 Å². The molecule has 18 nitrogen and oxygen atoms in total. The zero-order chi connectivity index (χ0) is 78.4. The topological polar surface area (TPSA) is 237 Å². The average Bonchev–Trinajstić information content (AvgIpc) is 1.55. The number of hydrogen-bond donors (Lipinski definition) is 7. The van der Waals surface area contributed by atoms with Crippen molar-refractivity contribution in [3.05, 3.63) is 45.6 Å². The zero-order valence-electron chi connectivity index (χ0n) is 69.7. The van der Waals surface area contributed by atoms with Gasteiger partial charge in [0.05, 0.1) is 53.7 Å². The van der Waals surface area contributed by atoms with Gasteiger partial charge in [0.1, 0.15) is 11.6 Å². The summed E-state index contributed by atoms with van der Waals surface area (Å²) in [6.07, 6.45) is 39.5. The van der Waals surface area contributed by atoms with Crippen molar-refractivity contribution < 1.29 is 48.1 Å². The van der Waals surface area contributed by atoms with E-state index in [4.69, 9.17) is 9.47 Å². The van der Waals surface area contributed by atoms with Gasteiger partial charge in [-0.1, -0.05) is 95.6 Å². The second kappa shape index (κ2) is 35.5. The Morgan fingerprint density at radius 2 is 1.03 bits per heavy atom. The minimum absolute atomic E-state index is 0.0438. The van der Waals surface area contributed by atoms with Crippen LogP contribution in [0.25, 0.3) is 0 Å². The van der Waals surface area contributed by atoms with Crippen LogP contribution >= 0.6 is 23.5 Å². The van der Waals surface area contributed by atoms with Crippen LogP contribution in [-0.4, -0.2) is 183 Å². The Bertz CT molecular complexity index is 3600. The minimum atomic E-state index is -0.165. The van der Waals surface area contributed by atoms with Crippen molar-refractivity contribution in [3.63, 3.8) is 0 Å². The molecule has 0 aromatic heterocycles. The molecule has 8 aliphatic heterocycles. The zero-order valence-corrected chi connectivity index (χ0v) is 71.4. The molecule has 0 bridgehead atoms. The lowest BCUT2D eigenvalue weighted by atomic mass is 9.56. The Morgan fingerprint density at radius 3 is 1.55 bits per heavy atom. The number of ether oxygens (including phenoxy) is 2. The highest BCUT2D eigenvalue weighted by atomic mass is 32.2. The smallest absolute Gasteiger partial charge is 0.315 e. The normalized spacial score (nSPS) is 40.7. The van der Waals surface area contributed by atoms with E-state index in [1.165, 1.54) is 44.1 Å². The fourth-order valence-corrected chi connectivity index (χ4v) is 30.1. The van der Waals surface area contributed by atoms with Crippen molar-refractivity contribution in [3.8, 4) is 0 Å². The molecule has 112 heavy (non-hydrogen) atoms. The Morgan fingerprint density at radius 1 is 0.545 bits per heavy atom. The Kier molecular flexibility index (Phi) is 26.3. The number of Topliss-reactive ketones (excluding diaryl/α,β-unsaturated/α-hetero) is 2. The van der Waals surface area contributed by atoms with E-state index < -0.39 is 0 Å². The molecule has 20 heteroatoms. The molecule has 12 fully saturated rings. The first kappa shape index (κ1) is 83.0. The number of amides is 6. The van der Waals surface area contributed by atoms with Crippen molar-refractivity contribution in [1.29, 1.82) is 0 Å². The highest BCUT2D eigenvalue weighted by Gasteiger charge is 2.64. The summed E-state index contributed by atoms with van der Waals surface area (Å²) >= 11 is 3.85. The van der Waals surface area contributed by atoms with E-state index in [1.54, 1.807) is 27.9 Å². The molecule has 7 N–H and O–H groups in total. The van der Waals surface area contributed by atoms with E-state index in [9.17, 15) is 38.7 Å². The SMILES string of the molecule is CC1=C2C[C@H]3[C@@H](CC=C4C[C@@H](O)CC[C@@]43C)[C@@H]2CC[C@]12O[C@@H]1C[C@H](C)CN(CCCC(=O)CCCCCNC(=O)CCCCC3SC[C@@H]4NC(=O)N[C@H]34)[C@H]1[C@H]2C.CC1=C2C[C@H]3[C@@H](CCC4=CC(=O)CC[C@@]43C)[C@@H]2CC[C@]12O[C@@H]1C[C@H](C)CN(CCCC(=O)CCCCCNC(=O)CCCCC3SC[C@@H]4NC(=O)N[C@H]34)[C@H]1[C@H]2C. The molecule has 0 aromatic rings. The van der Waals surface area contributed by atoms with Crippen molar-refractivity contribution in [2.45, 2.75) is 363 Å². The number of piperidine rings is 2. The number of allylic oxidation sites excluding steroid dienone is 5. The maximum absolute atomic E-state index is 13.0. The molecular formula is C92H142N8O10S2. The Labute approximate surface area is 679 Å². The summed E-state index contributed by atoms with van der Waals surface area (Å²) in [5.41, 5.74) is 9.66. The minimum Gasteiger partial charge on any atom is -0.393 e. The number of fused-ring (bicyclic) bond motifs is 14. The van der Waals surface area contributed by atoms with Crippen molar-refractivity contribution in [1.82, 2.24) is 41.7 Å². The predicted molar refractivity (Wildman–Crippen MR) is 446 cm³/mol. The number of nitrogens with one attached hydrogen (secondary N) is 6. The number of ketones is 3.